The van der Waals surface area contributed by atoms with Crippen LogP contribution in [0.5, 0.6) is 0 Å². The number of benzene rings is 2. The van der Waals surface area contributed by atoms with Crippen LogP contribution < -0.4 is 4.90 Å². The topological polar surface area (TPSA) is 67.9 Å². The Hall–Kier alpha value is -3.44. The second kappa shape index (κ2) is 6.07. The summed E-state index contributed by atoms with van der Waals surface area (Å²) in [4.78, 5) is 14.5. The van der Waals surface area contributed by atoms with Gasteiger partial charge >= 0.3 is 0 Å². The van der Waals surface area contributed by atoms with Gasteiger partial charge in [-0.15, -0.1) is 0 Å². The number of nitrogens with zero attached hydrogens (tertiary/aromatic N) is 3. The Balaban J connectivity index is 2.03. The molecule has 0 aliphatic carbocycles. The number of carbonyl (C=O) groups is 1. The summed E-state index contributed by atoms with van der Waals surface area (Å²) in [5.41, 5.74) is 0.321. The molecular formula is C22H16FN3O. The molecule has 0 spiro atoms. The van der Waals surface area contributed by atoms with Gasteiger partial charge < -0.3 is 4.90 Å². The molecule has 2 aromatic rings. The zero-order valence-corrected chi connectivity index (χ0v) is 14.6. The van der Waals surface area contributed by atoms with Gasteiger partial charge in [-0.3, -0.25) is 4.79 Å². The molecule has 0 radical (unpaired) electrons. The second-order valence-corrected chi connectivity index (χ2v) is 6.92. The van der Waals surface area contributed by atoms with Crippen molar-refractivity contribution in [3.8, 4) is 12.1 Å². The van der Waals surface area contributed by atoms with E-state index in [9.17, 15) is 19.7 Å². The highest BCUT2D eigenvalue weighted by Gasteiger charge is 2.63. The van der Waals surface area contributed by atoms with Crippen molar-refractivity contribution in [2.24, 2.45) is 5.41 Å². The van der Waals surface area contributed by atoms with E-state index in [2.05, 4.69) is 12.1 Å². The Kier molecular flexibility index (Phi) is 3.82. The fourth-order valence-corrected chi connectivity index (χ4v) is 4.46. The summed E-state index contributed by atoms with van der Waals surface area (Å²) in [5, 5.41) is 20.1. The van der Waals surface area contributed by atoms with E-state index in [1.54, 1.807) is 24.3 Å². The predicted molar refractivity (Wildman–Crippen MR) is 99.0 cm³/mol. The maximum absolute atomic E-state index is 14.7. The summed E-state index contributed by atoms with van der Waals surface area (Å²) in [6.45, 7) is 1.43. The van der Waals surface area contributed by atoms with Gasteiger partial charge in [-0.1, -0.05) is 48.6 Å². The van der Waals surface area contributed by atoms with Crippen LogP contribution in [0.25, 0.3) is 6.08 Å². The van der Waals surface area contributed by atoms with Gasteiger partial charge in [0.2, 0.25) is 0 Å². The molecule has 2 aliphatic heterocycles. The van der Waals surface area contributed by atoms with Crippen LogP contribution in [0.3, 0.4) is 0 Å². The van der Waals surface area contributed by atoms with Crippen molar-refractivity contribution in [1.29, 1.82) is 10.5 Å². The maximum atomic E-state index is 14.7. The van der Waals surface area contributed by atoms with Crippen LogP contribution in [0, 0.1) is 33.9 Å². The van der Waals surface area contributed by atoms with Crippen molar-refractivity contribution in [3.63, 3.8) is 0 Å². The lowest BCUT2D eigenvalue weighted by Gasteiger charge is -2.35. The molecule has 2 aromatic carbocycles. The van der Waals surface area contributed by atoms with E-state index in [1.807, 2.05) is 35.2 Å². The SMILES string of the molecule is CC(=O)[C@@H]1[C@@H](c2ccccc2F)C(C#N)(C#N)[C@@H]2C=Cc3ccccc3N12. The van der Waals surface area contributed by atoms with E-state index in [1.165, 1.54) is 13.0 Å². The third kappa shape index (κ3) is 2.22. The molecule has 0 bridgehead atoms. The summed E-state index contributed by atoms with van der Waals surface area (Å²) in [6, 6.07) is 16.4. The Morgan fingerprint density at radius 2 is 1.78 bits per heavy atom. The monoisotopic (exact) mass is 357 g/mol. The highest BCUT2D eigenvalue weighted by Crippen LogP contribution is 2.55. The Morgan fingerprint density at radius 1 is 1.11 bits per heavy atom. The molecule has 0 saturated carbocycles. The number of hydrogen-bond donors (Lipinski definition) is 0. The number of nitriles is 2. The minimum atomic E-state index is -1.58. The number of Topliss-reactive ketones (excluding diaryl/α,β-unsaturated/α-hetero) is 1. The van der Waals surface area contributed by atoms with Gasteiger partial charge in [0.25, 0.3) is 0 Å². The van der Waals surface area contributed by atoms with Crippen LogP contribution in [0.1, 0.15) is 24.0 Å². The smallest absolute Gasteiger partial charge is 0.176 e. The molecule has 0 N–H and O–H groups in total. The molecule has 1 fully saturated rings. The van der Waals surface area contributed by atoms with Crippen LogP contribution in [-0.4, -0.2) is 17.9 Å². The van der Waals surface area contributed by atoms with Gasteiger partial charge in [0.1, 0.15) is 5.82 Å². The fraction of sp³-hybridized carbons (Fsp3) is 0.227. The van der Waals surface area contributed by atoms with Crippen LogP contribution in [-0.2, 0) is 4.79 Å². The lowest BCUT2D eigenvalue weighted by molar-refractivity contribution is -0.118. The minimum absolute atomic E-state index is 0.203. The first-order chi connectivity index (χ1) is 13.0. The first-order valence-corrected chi connectivity index (χ1v) is 8.68. The lowest BCUT2D eigenvalue weighted by Crippen LogP contribution is -2.43. The third-order valence-electron chi connectivity index (χ3n) is 5.57. The number of ketones is 1. The maximum Gasteiger partial charge on any atom is 0.176 e. The highest BCUT2D eigenvalue weighted by molar-refractivity contribution is 5.91. The van der Waals surface area contributed by atoms with Crippen molar-refractivity contribution < 1.29 is 9.18 Å². The number of halogens is 1. The Bertz CT molecular complexity index is 1030. The number of fused-ring (bicyclic) bond motifs is 3. The molecule has 0 unspecified atom stereocenters. The van der Waals surface area contributed by atoms with E-state index in [4.69, 9.17) is 0 Å². The number of anilines is 1. The minimum Gasteiger partial charge on any atom is -0.351 e. The van der Waals surface area contributed by atoms with Gasteiger partial charge in [-0.25, -0.2) is 4.39 Å². The summed E-state index contributed by atoms with van der Waals surface area (Å²) in [5.74, 6) is -1.61. The molecular weight excluding hydrogens is 341 g/mol. The van der Waals surface area contributed by atoms with Crippen molar-refractivity contribution in [3.05, 3.63) is 71.6 Å². The number of hydrogen-bond acceptors (Lipinski definition) is 4. The van der Waals surface area contributed by atoms with Crippen LogP contribution in [0.4, 0.5) is 10.1 Å². The van der Waals surface area contributed by atoms with Crippen molar-refractivity contribution in [2.75, 3.05) is 4.90 Å². The quantitative estimate of drug-likeness (QED) is 0.819. The molecule has 5 heteroatoms. The third-order valence-corrected chi connectivity index (χ3v) is 5.57. The van der Waals surface area contributed by atoms with Crippen molar-refractivity contribution >= 4 is 17.5 Å². The molecule has 4 rings (SSSR count). The van der Waals surface area contributed by atoms with Gasteiger partial charge in [0, 0.05) is 11.6 Å². The normalized spacial score (nSPS) is 24.4. The molecule has 2 heterocycles. The van der Waals surface area contributed by atoms with Crippen LogP contribution in [0.15, 0.2) is 54.6 Å². The van der Waals surface area contributed by atoms with Crippen molar-refractivity contribution in [2.45, 2.75) is 24.9 Å². The molecule has 27 heavy (non-hydrogen) atoms. The van der Waals surface area contributed by atoms with E-state index in [0.29, 0.717) is 0 Å². The van der Waals surface area contributed by atoms with Gasteiger partial charge in [0.15, 0.2) is 11.2 Å². The van der Waals surface area contributed by atoms with E-state index >= 15 is 0 Å². The van der Waals surface area contributed by atoms with Crippen LogP contribution in [0.2, 0.25) is 0 Å². The average Bonchev–Trinajstić information content (AvgIpc) is 2.99. The number of rotatable bonds is 2. The zero-order chi connectivity index (χ0) is 19.2. The van der Waals surface area contributed by atoms with Gasteiger partial charge in [0.05, 0.1) is 24.2 Å². The second-order valence-electron chi connectivity index (χ2n) is 6.92. The van der Waals surface area contributed by atoms with Gasteiger partial charge in [-0.2, -0.15) is 10.5 Å². The number of carbonyl (C=O) groups excluding carboxylic acids is 1. The molecule has 2 aliphatic rings. The molecule has 132 valence electrons. The van der Waals surface area contributed by atoms with E-state index in [-0.39, 0.29) is 11.3 Å². The highest BCUT2D eigenvalue weighted by atomic mass is 19.1. The molecule has 3 atom stereocenters. The molecule has 4 nitrogen and oxygen atoms in total. The summed E-state index contributed by atoms with van der Waals surface area (Å²) >= 11 is 0. The first kappa shape index (κ1) is 17.0. The summed E-state index contributed by atoms with van der Waals surface area (Å²) in [7, 11) is 0. The summed E-state index contributed by atoms with van der Waals surface area (Å²) in [6.07, 6.45) is 3.65. The standard InChI is InChI=1S/C22H16FN3O/c1-14(27)21-20(16-7-3-4-8-17(16)23)22(12-24,13-25)19-11-10-15-6-2-5-9-18(15)26(19)21/h2-11,19-21H,1H3/t19-,20+,21+/m0/s1. The largest absolute Gasteiger partial charge is 0.351 e. The lowest BCUT2D eigenvalue weighted by atomic mass is 9.69. The molecule has 1 saturated heterocycles. The van der Waals surface area contributed by atoms with E-state index in [0.717, 1.165) is 11.3 Å². The molecule has 0 amide bonds. The average molecular weight is 357 g/mol. The summed E-state index contributed by atoms with van der Waals surface area (Å²) < 4.78 is 14.7. The Labute approximate surface area is 156 Å². The number of para-hydroxylation sites is 1. The fourth-order valence-electron chi connectivity index (χ4n) is 4.46. The zero-order valence-electron chi connectivity index (χ0n) is 14.6. The Morgan fingerprint density at radius 3 is 2.44 bits per heavy atom. The van der Waals surface area contributed by atoms with Crippen molar-refractivity contribution in [1.82, 2.24) is 0 Å². The predicted octanol–water partition coefficient (Wildman–Crippen LogP) is 3.82. The van der Waals surface area contributed by atoms with E-state index < -0.39 is 29.2 Å². The van der Waals surface area contributed by atoms with Crippen LogP contribution >= 0.6 is 0 Å². The van der Waals surface area contributed by atoms with Gasteiger partial charge in [-0.05, 0) is 30.2 Å². The molecule has 0 aromatic heterocycles. The first-order valence-electron chi connectivity index (χ1n) is 8.68.